The molecular formula is C32H47N3O5. The summed E-state index contributed by atoms with van der Waals surface area (Å²) in [4.78, 5) is 42.9. The van der Waals surface area contributed by atoms with Gasteiger partial charge in [-0.25, -0.2) is 4.79 Å². The number of rotatable bonds is 11. The van der Waals surface area contributed by atoms with Crippen molar-refractivity contribution < 1.29 is 24.2 Å². The highest BCUT2D eigenvalue weighted by molar-refractivity contribution is 5.93. The van der Waals surface area contributed by atoms with Gasteiger partial charge >= 0.3 is 6.09 Å². The van der Waals surface area contributed by atoms with Gasteiger partial charge < -0.3 is 25.4 Å². The Morgan fingerprint density at radius 2 is 1.43 bits per heavy atom. The normalized spacial score (nSPS) is 13.3. The molecule has 0 fully saturated rings. The lowest BCUT2D eigenvalue weighted by Gasteiger charge is -2.45. The van der Waals surface area contributed by atoms with Gasteiger partial charge in [-0.2, -0.15) is 0 Å². The fourth-order valence-electron chi connectivity index (χ4n) is 4.35. The molecule has 40 heavy (non-hydrogen) atoms. The third-order valence-corrected chi connectivity index (χ3v) is 6.76. The van der Waals surface area contributed by atoms with Crippen LogP contribution in [0.15, 0.2) is 48.5 Å². The first kappa shape index (κ1) is 32.7. The molecule has 0 bridgehead atoms. The first-order valence-corrected chi connectivity index (χ1v) is 14.1. The predicted molar refractivity (Wildman–Crippen MR) is 158 cm³/mol. The average Bonchev–Trinajstić information content (AvgIpc) is 2.86. The summed E-state index contributed by atoms with van der Waals surface area (Å²) in [5.74, 6) is -0.606. The summed E-state index contributed by atoms with van der Waals surface area (Å²) in [7, 11) is 0. The van der Waals surface area contributed by atoms with E-state index in [0.717, 1.165) is 17.5 Å². The molecule has 3 N–H and O–H groups in total. The maximum absolute atomic E-state index is 14.6. The smallest absolute Gasteiger partial charge is 0.408 e. The van der Waals surface area contributed by atoms with Crippen molar-refractivity contribution in [3.63, 3.8) is 0 Å². The number of phenols is 1. The van der Waals surface area contributed by atoms with Crippen LogP contribution in [0.4, 0.5) is 4.79 Å². The Hall–Kier alpha value is -3.55. The predicted octanol–water partition coefficient (Wildman–Crippen LogP) is 5.67. The van der Waals surface area contributed by atoms with Gasteiger partial charge in [0.25, 0.3) is 0 Å². The summed E-state index contributed by atoms with van der Waals surface area (Å²) in [5.41, 5.74) is 1.03. The number of ether oxygens (including phenoxy) is 1. The number of nitrogens with one attached hydrogen (secondary N) is 2. The van der Waals surface area contributed by atoms with E-state index in [2.05, 4.69) is 17.6 Å². The average molecular weight is 554 g/mol. The Kier molecular flexibility index (Phi) is 11.2. The SMILES string of the molecule is CCc1ccc(C(C(=O)NC(C)C)N(C(=O)C(Cc2ccc(O)cc2)NC(=O)OC(C)(C)C)C(C)(C)CC)cc1. The summed E-state index contributed by atoms with van der Waals surface area (Å²) >= 11 is 0. The number of phenolic OH excluding ortho intramolecular Hbond substituents is 1. The van der Waals surface area contributed by atoms with E-state index in [1.54, 1.807) is 37.8 Å². The van der Waals surface area contributed by atoms with Gasteiger partial charge in [0.15, 0.2) is 0 Å². The fraction of sp³-hybridized carbons (Fsp3) is 0.531. The van der Waals surface area contributed by atoms with Crippen LogP contribution in [0.3, 0.4) is 0 Å². The number of nitrogens with zero attached hydrogens (tertiary/aromatic N) is 1. The number of hydrogen-bond donors (Lipinski definition) is 3. The van der Waals surface area contributed by atoms with Gasteiger partial charge in [-0.3, -0.25) is 9.59 Å². The maximum Gasteiger partial charge on any atom is 0.408 e. The van der Waals surface area contributed by atoms with E-state index in [0.29, 0.717) is 12.0 Å². The zero-order valence-electron chi connectivity index (χ0n) is 25.5. The summed E-state index contributed by atoms with van der Waals surface area (Å²) in [5, 5.41) is 15.5. The molecule has 0 aromatic heterocycles. The number of aromatic hydroxyl groups is 1. The summed E-state index contributed by atoms with van der Waals surface area (Å²) in [6.45, 7) is 16.9. The molecule has 0 spiro atoms. The fourth-order valence-corrected chi connectivity index (χ4v) is 4.35. The number of hydrogen-bond acceptors (Lipinski definition) is 5. The van der Waals surface area contributed by atoms with Gasteiger partial charge in [0, 0.05) is 18.0 Å². The Morgan fingerprint density at radius 1 is 0.875 bits per heavy atom. The number of amides is 3. The first-order chi connectivity index (χ1) is 18.6. The number of aryl methyl sites for hydroxylation is 1. The molecule has 8 heteroatoms. The Balaban J connectivity index is 2.66. The minimum atomic E-state index is -1.03. The molecule has 2 rings (SSSR count). The van der Waals surface area contributed by atoms with Crippen molar-refractivity contribution in [2.75, 3.05) is 0 Å². The van der Waals surface area contributed by atoms with E-state index < -0.39 is 35.2 Å². The molecule has 0 aliphatic carbocycles. The van der Waals surface area contributed by atoms with E-state index in [4.69, 9.17) is 4.74 Å². The maximum atomic E-state index is 14.6. The number of carbonyl (C=O) groups is 3. The number of benzene rings is 2. The zero-order chi connectivity index (χ0) is 30.3. The highest BCUT2D eigenvalue weighted by atomic mass is 16.6. The van der Waals surface area contributed by atoms with Crippen LogP contribution in [-0.2, 0) is 27.2 Å². The Labute approximate surface area is 239 Å². The van der Waals surface area contributed by atoms with Crippen molar-refractivity contribution in [3.8, 4) is 5.75 Å². The van der Waals surface area contributed by atoms with E-state index in [9.17, 15) is 19.5 Å². The van der Waals surface area contributed by atoms with Crippen LogP contribution in [0.1, 0.15) is 91.5 Å². The van der Waals surface area contributed by atoms with Crippen LogP contribution in [0.2, 0.25) is 0 Å². The lowest BCUT2D eigenvalue weighted by Crippen LogP contribution is -2.60. The van der Waals surface area contributed by atoms with Crippen molar-refractivity contribution in [3.05, 3.63) is 65.2 Å². The van der Waals surface area contributed by atoms with E-state index in [1.807, 2.05) is 58.9 Å². The molecule has 0 aliphatic rings. The van der Waals surface area contributed by atoms with Gasteiger partial charge in [-0.1, -0.05) is 50.2 Å². The first-order valence-electron chi connectivity index (χ1n) is 14.1. The van der Waals surface area contributed by atoms with Crippen molar-refractivity contribution in [2.45, 2.75) is 111 Å². The molecule has 0 radical (unpaired) electrons. The number of alkyl carbamates (subject to hydrolysis) is 1. The molecule has 2 aromatic carbocycles. The molecule has 220 valence electrons. The van der Waals surface area contributed by atoms with Crippen molar-refractivity contribution in [1.29, 1.82) is 0 Å². The molecule has 8 nitrogen and oxygen atoms in total. The quantitative estimate of drug-likeness (QED) is 0.332. The van der Waals surface area contributed by atoms with Gasteiger partial charge in [0.05, 0.1) is 0 Å². The highest BCUT2D eigenvalue weighted by Gasteiger charge is 2.43. The van der Waals surface area contributed by atoms with Crippen molar-refractivity contribution in [1.82, 2.24) is 15.5 Å². The molecule has 0 heterocycles. The molecule has 0 saturated carbocycles. The Bertz CT molecular complexity index is 1130. The molecule has 0 saturated heterocycles. The third-order valence-electron chi connectivity index (χ3n) is 6.76. The second kappa shape index (κ2) is 13.7. The molecule has 2 aromatic rings. The second-order valence-electron chi connectivity index (χ2n) is 12.1. The number of carbonyl (C=O) groups excluding carboxylic acids is 3. The molecule has 0 aliphatic heterocycles. The van der Waals surface area contributed by atoms with E-state index >= 15 is 0 Å². The largest absolute Gasteiger partial charge is 0.508 e. The molecule has 2 unspecified atom stereocenters. The second-order valence-corrected chi connectivity index (χ2v) is 12.1. The Morgan fingerprint density at radius 3 is 1.90 bits per heavy atom. The summed E-state index contributed by atoms with van der Waals surface area (Å²) in [6, 6.07) is 12.1. The van der Waals surface area contributed by atoms with Crippen molar-refractivity contribution in [2.24, 2.45) is 0 Å². The standard InChI is InChI=1S/C32H47N3O5/c1-10-22-12-16-24(17-13-22)27(28(37)33-21(3)4)35(32(8,9)11-2)29(38)26(34-30(39)40-31(5,6)7)20-23-14-18-25(36)19-15-23/h12-19,21,26-27,36H,10-11,20H2,1-9H3,(H,33,37)(H,34,39). The van der Waals surface area contributed by atoms with Crippen molar-refractivity contribution >= 4 is 17.9 Å². The van der Waals surface area contributed by atoms with Crippen LogP contribution in [0.5, 0.6) is 5.75 Å². The van der Waals surface area contributed by atoms with Crippen LogP contribution in [0, 0.1) is 0 Å². The molecular weight excluding hydrogens is 506 g/mol. The van der Waals surface area contributed by atoms with Crippen LogP contribution < -0.4 is 10.6 Å². The van der Waals surface area contributed by atoms with E-state index in [-0.39, 0.29) is 24.1 Å². The monoisotopic (exact) mass is 553 g/mol. The minimum absolute atomic E-state index is 0.0985. The lowest BCUT2D eigenvalue weighted by atomic mass is 9.90. The lowest BCUT2D eigenvalue weighted by molar-refractivity contribution is -0.149. The highest BCUT2D eigenvalue weighted by Crippen LogP contribution is 2.33. The summed E-state index contributed by atoms with van der Waals surface area (Å²) < 4.78 is 5.50. The molecule has 3 amide bonds. The van der Waals surface area contributed by atoms with Gasteiger partial charge in [0.2, 0.25) is 11.8 Å². The molecule has 2 atom stereocenters. The van der Waals surface area contributed by atoms with E-state index in [1.165, 1.54) is 12.1 Å². The van der Waals surface area contributed by atoms with Gasteiger partial charge in [-0.15, -0.1) is 0 Å². The van der Waals surface area contributed by atoms with Crippen LogP contribution >= 0.6 is 0 Å². The van der Waals surface area contributed by atoms with Gasteiger partial charge in [0.1, 0.15) is 23.4 Å². The third kappa shape index (κ3) is 9.28. The minimum Gasteiger partial charge on any atom is -0.508 e. The van der Waals surface area contributed by atoms with Gasteiger partial charge in [-0.05, 0) is 90.1 Å². The zero-order valence-corrected chi connectivity index (χ0v) is 25.5. The summed E-state index contributed by atoms with van der Waals surface area (Å²) in [6.07, 6.45) is 0.826. The van der Waals surface area contributed by atoms with Crippen LogP contribution in [-0.4, -0.2) is 51.1 Å². The topological polar surface area (TPSA) is 108 Å². The van der Waals surface area contributed by atoms with Crippen LogP contribution in [0.25, 0.3) is 0 Å².